The minimum atomic E-state index is 0. The van der Waals surface area contributed by atoms with Gasteiger partial charge in [-0.05, 0) is 21.1 Å². The SMILES string of the molecule is CN(C)C.[F].[SnH4]. The van der Waals surface area contributed by atoms with Gasteiger partial charge in [0, 0.05) is 4.70 Å². The van der Waals surface area contributed by atoms with Crippen LogP contribution in [0.15, 0.2) is 0 Å². The van der Waals surface area contributed by atoms with Crippen LogP contribution in [0.3, 0.4) is 0 Å². The number of hydrogen-bond acceptors (Lipinski definition) is 1. The zero-order valence-electron chi connectivity index (χ0n) is 3.83. The van der Waals surface area contributed by atoms with Crippen LogP contribution in [-0.2, 0) is 0 Å². The molecule has 0 aliphatic carbocycles. The van der Waals surface area contributed by atoms with Crippen LogP contribution in [0, 0.1) is 0 Å². The fraction of sp³-hybridized carbons (Fsp3) is 1.00. The second-order valence-corrected chi connectivity index (χ2v) is 1.34. The molecule has 0 amide bonds. The average molecular weight is 201 g/mol. The Balaban J connectivity index is -0.0000000450. The number of hydrogen-bond donors (Lipinski definition) is 0. The third kappa shape index (κ3) is 135. The van der Waals surface area contributed by atoms with Gasteiger partial charge in [-0.25, -0.2) is 0 Å². The van der Waals surface area contributed by atoms with Crippen LogP contribution in [0.4, 0.5) is 4.70 Å². The van der Waals surface area contributed by atoms with Gasteiger partial charge in [-0.2, -0.15) is 0 Å². The summed E-state index contributed by atoms with van der Waals surface area (Å²) in [5, 5.41) is 0. The van der Waals surface area contributed by atoms with Crippen molar-refractivity contribution in [3.05, 3.63) is 0 Å². The molecule has 0 fully saturated rings. The molecule has 1 nitrogen and oxygen atoms in total. The van der Waals surface area contributed by atoms with Gasteiger partial charge in [0.25, 0.3) is 0 Å². The van der Waals surface area contributed by atoms with Crippen molar-refractivity contribution in [3.8, 4) is 0 Å². The molecule has 0 aromatic carbocycles. The Morgan fingerprint density at radius 1 is 1.00 bits per heavy atom. The van der Waals surface area contributed by atoms with Crippen molar-refractivity contribution in [3.63, 3.8) is 0 Å². The van der Waals surface area contributed by atoms with E-state index in [0.717, 1.165) is 0 Å². The Kier molecular flexibility index (Phi) is 24.4. The van der Waals surface area contributed by atoms with Crippen LogP contribution in [0.1, 0.15) is 0 Å². The van der Waals surface area contributed by atoms with Gasteiger partial charge in [0.1, 0.15) is 0 Å². The molecule has 0 aliphatic heterocycles. The van der Waals surface area contributed by atoms with Crippen LogP contribution >= 0.6 is 0 Å². The normalized spacial score (nSPS) is 6.00. The molecule has 0 aromatic heterocycles. The predicted octanol–water partition coefficient (Wildman–Crippen LogP) is -0.854. The van der Waals surface area contributed by atoms with Gasteiger partial charge in [-0.1, -0.05) is 0 Å². The monoisotopic (exact) mass is 202 g/mol. The summed E-state index contributed by atoms with van der Waals surface area (Å²) in [6, 6.07) is 0. The van der Waals surface area contributed by atoms with Gasteiger partial charge in [0.05, 0.1) is 0 Å². The Bertz CT molecular complexity index is 15.5. The maximum absolute atomic E-state index is 2.00. The molecular formula is C3H13FNSn. The first-order valence-electron chi connectivity index (χ1n) is 1.34. The standard InChI is InChI=1S/C3H9N.F.Sn.4H/c1-4(2)3;;;;;;/h1-3H3;;;;;;. The van der Waals surface area contributed by atoms with Gasteiger partial charge in [0.2, 0.25) is 0 Å². The molecule has 0 saturated carbocycles. The maximum atomic E-state index is 2.00. The first-order valence-corrected chi connectivity index (χ1v) is 1.34. The molecule has 6 heavy (non-hydrogen) atoms. The van der Waals surface area contributed by atoms with Gasteiger partial charge in [0.15, 0.2) is 0 Å². The minimum absolute atomic E-state index is 0. The fourth-order valence-corrected chi connectivity index (χ4v) is 0. The predicted molar refractivity (Wildman–Crippen MR) is 32.1 cm³/mol. The van der Waals surface area contributed by atoms with Crippen molar-refractivity contribution in [2.45, 2.75) is 0 Å². The Morgan fingerprint density at radius 3 is 1.00 bits per heavy atom. The Hall–Kier alpha value is 0.689. The quantitative estimate of drug-likeness (QED) is 0.461. The van der Waals surface area contributed by atoms with Crippen molar-refractivity contribution in [2.75, 3.05) is 21.1 Å². The summed E-state index contributed by atoms with van der Waals surface area (Å²) in [4.78, 5) is 2.00. The van der Waals surface area contributed by atoms with Gasteiger partial charge >= 0.3 is 23.9 Å². The number of rotatable bonds is 0. The Morgan fingerprint density at radius 2 is 1.00 bits per heavy atom. The summed E-state index contributed by atoms with van der Waals surface area (Å²) in [6.45, 7) is 0. The van der Waals surface area contributed by atoms with E-state index in [-0.39, 0.29) is 28.6 Å². The molecule has 0 heterocycles. The van der Waals surface area contributed by atoms with Gasteiger partial charge < -0.3 is 4.90 Å². The van der Waals surface area contributed by atoms with Crippen LogP contribution in [0.2, 0.25) is 0 Å². The summed E-state index contributed by atoms with van der Waals surface area (Å²) < 4.78 is 0. The van der Waals surface area contributed by atoms with Crippen LogP contribution in [0.5, 0.6) is 0 Å². The summed E-state index contributed by atoms with van der Waals surface area (Å²) in [5.74, 6) is 0. The molecule has 0 rings (SSSR count). The average Bonchev–Trinajstić information content (AvgIpc) is 0.811. The van der Waals surface area contributed by atoms with Crippen LogP contribution in [-0.4, -0.2) is 50.0 Å². The summed E-state index contributed by atoms with van der Waals surface area (Å²) in [7, 11) is 6.00. The zero-order valence-corrected chi connectivity index (χ0v) is 3.83. The van der Waals surface area contributed by atoms with Crippen molar-refractivity contribution in [1.29, 1.82) is 0 Å². The summed E-state index contributed by atoms with van der Waals surface area (Å²) in [5.41, 5.74) is 0. The fourth-order valence-electron chi connectivity index (χ4n) is 0. The van der Waals surface area contributed by atoms with E-state index in [2.05, 4.69) is 0 Å². The van der Waals surface area contributed by atoms with Crippen molar-refractivity contribution >= 4 is 23.9 Å². The van der Waals surface area contributed by atoms with Gasteiger partial charge in [-0.15, -0.1) is 0 Å². The van der Waals surface area contributed by atoms with E-state index in [1.54, 1.807) is 0 Å². The molecule has 0 aromatic rings. The molecule has 0 spiro atoms. The van der Waals surface area contributed by atoms with Gasteiger partial charge in [-0.3, -0.25) is 0 Å². The van der Waals surface area contributed by atoms with Crippen molar-refractivity contribution in [2.24, 2.45) is 0 Å². The first-order chi connectivity index (χ1) is 1.73. The first kappa shape index (κ1) is 15.9. The molecule has 1 radical (unpaired) electrons. The molecule has 0 aliphatic rings. The topological polar surface area (TPSA) is 3.24 Å². The van der Waals surface area contributed by atoms with E-state index in [4.69, 9.17) is 0 Å². The van der Waals surface area contributed by atoms with E-state index in [1.807, 2.05) is 26.0 Å². The third-order valence-corrected chi connectivity index (χ3v) is 0. The molecule has 3 heteroatoms. The second kappa shape index (κ2) is 9.19. The zero-order chi connectivity index (χ0) is 3.58. The third-order valence-electron chi connectivity index (χ3n) is 0. The van der Waals surface area contributed by atoms with E-state index in [0.29, 0.717) is 0 Å². The second-order valence-electron chi connectivity index (χ2n) is 1.34. The van der Waals surface area contributed by atoms with Crippen LogP contribution < -0.4 is 0 Å². The van der Waals surface area contributed by atoms with Crippen LogP contribution in [0.25, 0.3) is 0 Å². The van der Waals surface area contributed by atoms with E-state index < -0.39 is 0 Å². The molecule has 0 saturated heterocycles. The molecule has 0 bridgehead atoms. The summed E-state index contributed by atoms with van der Waals surface area (Å²) in [6.07, 6.45) is 0. The summed E-state index contributed by atoms with van der Waals surface area (Å²) >= 11 is 0. The number of nitrogens with zero attached hydrogens (tertiary/aromatic N) is 1. The molecule has 0 atom stereocenters. The van der Waals surface area contributed by atoms with Crippen molar-refractivity contribution < 1.29 is 4.70 Å². The molecule has 0 N–H and O–H groups in total. The Labute approximate surface area is 55.0 Å². The number of halogens is 1. The van der Waals surface area contributed by atoms with E-state index >= 15 is 0 Å². The van der Waals surface area contributed by atoms with E-state index in [1.165, 1.54) is 0 Å². The van der Waals surface area contributed by atoms with Crippen molar-refractivity contribution in [1.82, 2.24) is 4.90 Å². The molecular weight excluding hydrogens is 188 g/mol. The molecule has 41 valence electrons. The van der Waals surface area contributed by atoms with E-state index in [9.17, 15) is 0 Å². The molecule has 0 unspecified atom stereocenters.